The molecule has 23 heavy (non-hydrogen) atoms. The molecule has 0 unspecified atom stereocenters. The molecule has 0 atom stereocenters. The fraction of sp³-hybridized carbons (Fsp3) is 0.250. The second-order valence-electron chi connectivity index (χ2n) is 5.65. The zero-order chi connectivity index (χ0) is 15.8. The van der Waals surface area contributed by atoms with Crippen molar-refractivity contribution in [2.45, 2.75) is 18.9 Å². The lowest BCUT2D eigenvalue weighted by molar-refractivity contribution is 0.0951. The van der Waals surface area contributed by atoms with Crippen LogP contribution in [0.3, 0.4) is 0 Å². The summed E-state index contributed by atoms with van der Waals surface area (Å²) >= 11 is 0. The van der Waals surface area contributed by atoms with E-state index in [4.69, 9.17) is 4.52 Å². The molecule has 0 saturated heterocycles. The molecule has 0 bridgehead atoms. The van der Waals surface area contributed by atoms with Crippen LogP contribution in [0.1, 0.15) is 23.2 Å². The van der Waals surface area contributed by atoms with E-state index in [-0.39, 0.29) is 5.91 Å². The molecule has 1 aliphatic rings. The van der Waals surface area contributed by atoms with Gasteiger partial charge in [-0.15, -0.1) is 0 Å². The predicted octanol–water partition coefficient (Wildman–Crippen LogP) is 2.03. The molecule has 4 rings (SSSR count). The van der Waals surface area contributed by atoms with Crippen molar-refractivity contribution in [3.63, 3.8) is 0 Å². The average molecular weight is 309 g/mol. The summed E-state index contributed by atoms with van der Waals surface area (Å²) in [6.07, 6.45) is 5.64. The van der Waals surface area contributed by atoms with Crippen LogP contribution in [0, 0.1) is 0 Å². The molecule has 1 amide bonds. The number of carbonyl (C=O) groups is 1. The lowest BCUT2D eigenvalue weighted by Crippen LogP contribution is -2.25. The molecule has 2 aromatic heterocycles. The normalized spacial score (nSPS) is 14.0. The number of benzene rings is 1. The van der Waals surface area contributed by atoms with Gasteiger partial charge in [0.2, 0.25) is 5.82 Å². The first-order valence-electron chi connectivity index (χ1n) is 7.43. The summed E-state index contributed by atoms with van der Waals surface area (Å²) in [6.45, 7) is 0. The summed E-state index contributed by atoms with van der Waals surface area (Å²) in [4.78, 5) is 16.3. The van der Waals surface area contributed by atoms with Crippen LogP contribution in [0.15, 0.2) is 41.2 Å². The Balaban J connectivity index is 1.53. The summed E-state index contributed by atoms with van der Waals surface area (Å²) in [7, 11) is 1.83. The quantitative estimate of drug-likeness (QED) is 0.797. The van der Waals surface area contributed by atoms with Crippen molar-refractivity contribution in [2.75, 3.05) is 0 Å². The molecule has 1 saturated carbocycles. The molecule has 0 spiro atoms. The van der Waals surface area contributed by atoms with E-state index in [0.717, 1.165) is 24.0 Å². The Kier molecular flexibility index (Phi) is 3.18. The van der Waals surface area contributed by atoms with E-state index in [9.17, 15) is 4.79 Å². The molecular formula is C16H15N5O2. The van der Waals surface area contributed by atoms with Crippen LogP contribution >= 0.6 is 0 Å². The van der Waals surface area contributed by atoms with E-state index in [1.54, 1.807) is 23.0 Å². The Hall–Kier alpha value is -2.96. The van der Waals surface area contributed by atoms with Crippen molar-refractivity contribution < 1.29 is 9.32 Å². The maximum absolute atomic E-state index is 12.0. The van der Waals surface area contributed by atoms with Crippen molar-refractivity contribution in [1.82, 2.24) is 25.2 Å². The summed E-state index contributed by atoms with van der Waals surface area (Å²) in [5, 5.41) is 11.0. The zero-order valence-electron chi connectivity index (χ0n) is 12.6. The van der Waals surface area contributed by atoms with Crippen molar-refractivity contribution in [3.05, 3.63) is 42.2 Å². The number of nitrogens with one attached hydrogen (secondary N) is 1. The van der Waals surface area contributed by atoms with Crippen LogP contribution in [0.25, 0.3) is 22.8 Å². The largest absolute Gasteiger partial charge is 0.349 e. The number of aryl methyl sites for hydroxylation is 1. The maximum atomic E-state index is 12.0. The third-order valence-corrected chi connectivity index (χ3v) is 3.70. The smallest absolute Gasteiger partial charge is 0.258 e. The van der Waals surface area contributed by atoms with Gasteiger partial charge in [-0.2, -0.15) is 10.1 Å². The van der Waals surface area contributed by atoms with Crippen LogP contribution in [-0.2, 0) is 7.05 Å². The number of carbonyl (C=O) groups excluding carboxylic acids is 1. The molecule has 1 fully saturated rings. The van der Waals surface area contributed by atoms with Gasteiger partial charge in [0.1, 0.15) is 0 Å². The van der Waals surface area contributed by atoms with Gasteiger partial charge < -0.3 is 9.84 Å². The summed E-state index contributed by atoms with van der Waals surface area (Å²) < 4.78 is 6.97. The number of amides is 1. The van der Waals surface area contributed by atoms with Gasteiger partial charge >= 0.3 is 0 Å². The summed E-state index contributed by atoms with van der Waals surface area (Å²) in [5.41, 5.74) is 2.20. The molecule has 0 radical (unpaired) electrons. The average Bonchev–Trinajstić information content (AvgIpc) is 3.07. The second-order valence-corrected chi connectivity index (χ2v) is 5.65. The van der Waals surface area contributed by atoms with Gasteiger partial charge in [0, 0.05) is 30.4 Å². The molecule has 7 nitrogen and oxygen atoms in total. The molecule has 116 valence electrons. The number of nitrogens with zero attached hydrogens (tertiary/aromatic N) is 4. The van der Waals surface area contributed by atoms with Crippen molar-refractivity contribution in [1.29, 1.82) is 0 Å². The first-order valence-corrected chi connectivity index (χ1v) is 7.43. The van der Waals surface area contributed by atoms with Crippen LogP contribution < -0.4 is 5.32 Å². The Labute approximate surface area is 132 Å². The van der Waals surface area contributed by atoms with Gasteiger partial charge in [0.05, 0.1) is 11.8 Å². The van der Waals surface area contributed by atoms with E-state index in [2.05, 4.69) is 20.6 Å². The van der Waals surface area contributed by atoms with Gasteiger partial charge in [-0.25, -0.2) is 0 Å². The Morgan fingerprint density at radius 1 is 1.26 bits per heavy atom. The Bertz CT molecular complexity index is 845. The third-order valence-electron chi connectivity index (χ3n) is 3.70. The van der Waals surface area contributed by atoms with Gasteiger partial charge in [-0.1, -0.05) is 5.16 Å². The highest BCUT2D eigenvalue weighted by atomic mass is 16.5. The number of hydrogen-bond acceptors (Lipinski definition) is 5. The fourth-order valence-electron chi connectivity index (χ4n) is 2.26. The first kappa shape index (κ1) is 13.7. The molecule has 3 aromatic rings. The SMILES string of the molecule is Cn1cc(-c2noc(-c3ccc(C(=O)NC4CC4)cc3)n2)cn1. The zero-order valence-corrected chi connectivity index (χ0v) is 12.6. The summed E-state index contributed by atoms with van der Waals surface area (Å²) in [6, 6.07) is 7.49. The molecule has 1 aliphatic carbocycles. The van der Waals surface area contributed by atoms with Crippen LogP contribution in [0.4, 0.5) is 0 Å². The van der Waals surface area contributed by atoms with Crippen molar-refractivity contribution in [3.8, 4) is 22.8 Å². The minimum Gasteiger partial charge on any atom is -0.349 e. The number of hydrogen-bond donors (Lipinski definition) is 1. The Morgan fingerprint density at radius 3 is 2.70 bits per heavy atom. The maximum Gasteiger partial charge on any atom is 0.258 e. The van der Waals surface area contributed by atoms with Crippen LogP contribution in [0.5, 0.6) is 0 Å². The first-order chi connectivity index (χ1) is 11.2. The van der Waals surface area contributed by atoms with Crippen molar-refractivity contribution >= 4 is 5.91 Å². The van der Waals surface area contributed by atoms with E-state index < -0.39 is 0 Å². The highest BCUT2D eigenvalue weighted by molar-refractivity contribution is 5.94. The second kappa shape index (κ2) is 5.35. The van der Waals surface area contributed by atoms with Gasteiger partial charge in [-0.05, 0) is 37.1 Å². The predicted molar refractivity (Wildman–Crippen MR) is 82.4 cm³/mol. The minimum atomic E-state index is -0.0411. The lowest BCUT2D eigenvalue weighted by Gasteiger charge is -2.03. The van der Waals surface area contributed by atoms with Crippen molar-refractivity contribution in [2.24, 2.45) is 7.05 Å². The molecule has 1 N–H and O–H groups in total. The van der Waals surface area contributed by atoms with Crippen LogP contribution in [0.2, 0.25) is 0 Å². The molecule has 7 heteroatoms. The van der Waals surface area contributed by atoms with Gasteiger partial charge in [0.25, 0.3) is 11.8 Å². The lowest BCUT2D eigenvalue weighted by atomic mass is 10.1. The van der Waals surface area contributed by atoms with Gasteiger partial charge in [-0.3, -0.25) is 9.48 Å². The monoisotopic (exact) mass is 309 g/mol. The number of rotatable bonds is 4. The molecule has 0 aliphatic heterocycles. The van der Waals surface area contributed by atoms with E-state index in [1.165, 1.54) is 0 Å². The third kappa shape index (κ3) is 2.85. The topological polar surface area (TPSA) is 85.8 Å². The van der Waals surface area contributed by atoms with Crippen LogP contribution in [-0.4, -0.2) is 31.9 Å². The van der Waals surface area contributed by atoms with Gasteiger partial charge in [0.15, 0.2) is 0 Å². The molecule has 1 aromatic carbocycles. The summed E-state index contributed by atoms with van der Waals surface area (Å²) in [5.74, 6) is 0.863. The van der Waals surface area contributed by atoms with E-state index in [0.29, 0.717) is 23.3 Å². The van der Waals surface area contributed by atoms with E-state index in [1.807, 2.05) is 25.4 Å². The highest BCUT2D eigenvalue weighted by Crippen LogP contribution is 2.23. The fourth-order valence-corrected chi connectivity index (χ4v) is 2.26. The van der Waals surface area contributed by atoms with E-state index >= 15 is 0 Å². The molecule has 2 heterocycles. The highest BCUT2D eigenvalue weighted by Gasteiger charge is 2.23. The minimum absolute atomic E-state index is 0.0411. The Morgan fingerprint density at radius 2 is 2.04 bits per heavy atom. The molecular weight excluding hydrogens is 294 g/mol. The standard InChI is InChI=1S/C16H15N5O2/c1-21-9-12(8-17-21)14-19-16(23-20-14)11-4-2-10(3-5-11)15(22)18-13-6-7-13/h2-5,8-9,13H,6-7H2,1H3,(H,18,22). The number of aromatic nitrogens is 4.